The fourth-order valence-corrected chi connectivity index (χ4v) is 1.81. The molecule has 1 heterocycles. The molecule has 0 saturated carbocycles. The molecule has 92 valence electrons. The van der Waals surface area contributed by atoms with E-state index in [1.165, 1.54) is 5.56 Å². The highest BCUT2D eigenvalue weighted by Gasteiger charge is 2.36. The lowest BCUT2D eigenvalue weighted by Crippen LogP contribution is -2.58. The van der Waals surface area contributed by atoms with Crippen molar-refractivity contribution in [3.05, 3.63) is 29.3 Å². The number of rotatable bonds is 3. The van der Waals surface area contributed by atoms with E-state index in [0.717, 1.165) is 11.3 Å². The number of aryl methyl sites for hydroxylation is 2. The molecule has 1 amide bonds. The van der Waals surface area contributed by atoms with Gasteiger partial charge in [-0.25, -0.2) is 0 Å². The zero-order chi connectivity index (χ0) is 12.5. The molecule has 1 aromatic carbocycles. The number of hydrogen-bond acceptors (Lipinski definition) is 3. The van der Waals surface area contributed by atoms with Crippen molar-refractivity contribution in [3.8, 4) is 0 Å². The Balaban J connectivity index is 1.95. The minimum absolute atomic E-state index is 0.0564. The van der Waals surface area contributed by atoms with E-state index in [1.54, 1.807) is 0 Å². The fourth-order valence-electron chi connectivity index (χ4n) is 1.81. The van der Waals surface area contributed by atoms with Crippen LogP contribution in [0.2, 0.25) is 0 Å². The third-order valence-corrected chi connectivity index (χ3v) is 3.08. The van der Waals surface area contributed by atoms with Gasteiger partial charge in [-0.3, -0.25) is 4.79 Å². The van der Waals surface area contributed by atoms with Gasteiger partial charge in [-0.2, -0.15) is 0 Å². The Bertz CT molecular complexity index is 439. The molecule has 0 bridgehead atoms. The van der Waals surface area contributed by atoms with E-state index in [0.29, 0.717) is 19.6 Å². The minimum atomic E-state index is -0.468. The van der Waals surface area contributed by atoms with Crippen molar-refractivity contribution in [2.75, 3.05) is 18.5 Å². The average Bonchev–Trinajstić information content (AvgIpc) is 2.21. The predicted molar refractivity (Wildman–Crippen MR) is 66.9 cm³/mol. The first-order valence-electron chi connectivity index (χ1n) is 5.72. The van der Waals surface area contributed by atoms with E-state index in [-0.39, 0.29) is 5.91 Å². The summed E-state index contributed by atoms with van der Waals surface area (Å²) in [6, 6.07) is 5.87. The fraction of sp³-hybridized carbons (Fsp3) is 0.462. The number of hydrogen-bond donors (Lipinski definition) is 2. The van der Waals surface area contributed by atoms with Gasteiger partial charge in [-0.15, -0.1) is 0 Å². The largest absolute Gasteiger partial charge is 0.377 e. The Labute approximate surface area is 101 Å². The second-order valence-electron chi connectivity index (χ2n) is 4.88. The van der Waals surface area contributed by atoms with Crippen LogP contribution in [0.1, 0.15) is 17.5 Å². The molecule has 2 rings (SSSR count). The normalized spacial score (nSPS) is 17.4. The van der Waals surface area contributed by atoms with Gasteiger partial charge >= 0.3 is 0 Å². The number of nitrogens with two attached hydrogens (primary N) is 1. The third-order valence-electron chi connectivity index (χ3n) is 3.08. The van der Waals surface area contributed by atoms with Crippen molar-refractivity contribution >= 4 is 11.6 Å². The maximum atomic E-state index is 11.8. The van der Waals surface area contributed by atoms with Crippen molar-refractivity contribution < 1.29 is 9.53 Å². The zero-order valence-electron chi connectivity index (χ0n) is 10.2. The Hall–Kier alpha value is -1.39. The topological polar surface area (TPSA) is 64.4 Å². The summed E-state index contributed by atoms with van der Waals surface area (Å²) in [4.78, 5) is 11.8. The zero-order valence-corrected chi connectivity index (χ0v) is 10.2. The first-order chi connectivity index (χ1) is 7.98. The highest BCUT2D eigenvalue weighted by atomic mass is 16.5. The summed E-state index contributed by atoms with van der Waals surface area (Å²) < 4.78 is 5.02. The van der Waals surface area contributed by atoms with E-state index < -0.39 is 5.54 Å². The molecule has 1 aliphatic rings. The predicted octanol–water partition coefficient (Wildman–Crippen LogP) is 1.36. The standard InChI is InChI=1S/C13H18N2O2/c1-9-3-4-11(5-10(9)2)15-12(16)6-13(14)7-17-8-13/h3-5H,6-8,14H2,1-2H3,(H,15,16). The van der Waals surface area contributed by atoms with E-state index >= 15 is 0 Å². The Morgan fingerprint density at radius 2 is 2.12 bits per heavy atom. The van der Waals surface area contributed by atoms with Crippen LogP contribution in [-0.2, 0) is 9.53 Å². The van der Waals surface area contributed by atoms with Crippen LogP contribution in [0, 0.1) is 13.8 Å². The Morgan fingerprint density at radius 1 is 1.41 bits per heavy atom. The van der Waals surface area contributed by atoms with Gasteiger partial charge < -0.3 is 15.8 Å². The van der Waals surface area contributed by atoms with E-state index in [2.05, 4.69) is 5.32 Å². The molecule has 0 unspecified atom stereocenters. The number of amides is 1. The summed E-state index contributed by atoms with van der Waals surface area (Å²) >= 11 is 0. The molecule has 4 nitrogen and oxygen atoms in total. The second kappa shape index (κ2) is 4.47. The molecule has 0 spiro atoms. The van der Waals surface area contributed by atoms with Crippen LogP contribution >= 0.6 is 0 Å². The average molecular weight is 234 g/mol. The van der Waals surface area contributed by atoms with Crippen LogP contribution in [0.3, 0.4) is 0 Å². The van der Waals surface area contributed by atoms with Crippen LogP contribution < -0.4 is 11.1 Å². The van der Waals surface area contributed by atoms with Gasteiger partial charge in [0.15, 0.2) is 0 Å². The number of ether oxygens (including phenoxy) is 1. The van der Waals surface area contributed by atoms with E-state index in [1.807, 2.05) is 32.0 Å². The number of carbonyl (C=O) groups is 1. The van der Waals surface area contributed by atoms with Crippen LogP contribution in [0.4, 0.5) is 5.69 Å². The van der Waals surface area contributed by atoms with Crippen LogP contribution in [0.5, 0.6) is 0 Å². The molecule has 0 aromatic heterocycles. The SMILES string of the molecule is Cc1ccc(NC(=O)CC2(N)COC2)cc1C. The van der Waals surface area contributed by atoms with Gasteiger partial charge in [0, 0.05) is 12.1 Å². The highest BCUT2D eigenvalue weighted by Crippen LogP contribution is 2.19. The molecule has 17 heavy (non-hydrogen) atoms. The summed E-state index contributed by atoms with van der Waals surface area (Å²) in [5, 5.41) is 2.86. The van der Waals surface area contributed by atoms with Crippen molar-refractivity contribution in [1.82, 2.24) is 0 Å². The molecule has 1 aromatic rings. The molecular formula is C13H18N2O2. The lowest BCUT2D eigenvalue weighted by Gasteiger charge is -2.37. The molecule has 3 N–H and O–H groups in total. The van der Waals surface area contributed by atoms with Gasteiger partial charge in [-0.1, -0.05) is 6.07 Å². The summed E-state index contributed by atoms with van der Waals surface area (Å²) in [5.74, 6) is -0.0564. The Kier molecular flexibility index (Phi) is 3.17. The maximum Gasteiger partial charge on any atom is 0.226 e. The molecule has 0 aliphatic carbocycles. The van der Waals surface area contributed by atoms with Crippen LogP contribution in [-0.4, -0.2) is 24.7 Å². The monoisotopic (exact) mass is 234 g/mol. The van der Waals surface area contributed by atoms with E-state index in [9.17, 15) is 4.79 Å². The lowest BCUT2D eigenvalue weighted by molar-refractivity contribution is -0.123. The molecule has 0 atom stereocenters. The van der Waals surface area contributed by atoms with Crippen molar-refractivity contribution in [2.45, 2.75) is 25.8 Å². The molecule has 1 fully saturated rings. The quantitative estimate of drug-likeness (QED) is 0.830. The highest BCUT2D eigenvalue weighted by molar-refractivity contribution is 5.91. The Morgan fingerprint density at radius 3 is 2.65 bits per heavy atom. The van der Waals surface area contributed by atoms with Gasteiger partial charge in [0.2, 0.25) is 5.91 Å². The van der Waals surface area contributed by atoms with Crippen molar-refractivity contribution in [1.29, 1.82) is 0 Å². The summed E-state index contributed by atoms with van der Waals surface area (Å²) in [6.45, 7) is 5.00. The van der Waals surface area contributed by atoms with E-state index in [4.69, 9.17) is 10.5 Å². The second-order valence-corrected chi connectivity index (χ2v) is 4.88. The van der Waals surface area contributed by atoms with Crippen LogP contribution in [0.25, 0.3) is 0 Å². The molecule has 1 saturated heterocycles. The van der Waals surface area contributed by atoms with Crippen LogP contribution in [0.15, 0.2) is 18.2 Å². The molecule has 1 aliphatic heterocycles. The summed E-state index contributed by atoms with van der Waals surface area (Å²) in [7, 11) is 0. The number of carbonyl (C=O) groups excluding carboxylic acids is 1. The summed E-state index contributed by atoms with van der Waals surface area (Å²) in [5.41, 5.74) is 8.66. The number of benzene rings is 1. The van der Waals surface area contributed by atoms with Gasteiger partial charge in [0.05, 0.1) is 18.8 Å². The first kappa shape index (κ1) is 12.1. The lowest BCUT2D eigenvalue weighted by atomic mass is 9.94. The molecule has 4 heteroatoms. The number of anilines is 1. The molecular weight excluding hydrogens is 216 g/mol. The maximum absolute atomic E-state index is 11.8. The molecule has 0 radical (unpaired) electrons. The number of nitrogens with one attached hydrogen (secondary N) is 1. The van der Waals surface area contributed by atoms with Gasteiger partial charge in [0.1, 0.15) is 0 Å². The van der Waals surface area contributed by atoms with Gasteiger partial charge in [-0.05, 0) is 37.1 Å². The minimum Gasteiger partial charge on any atom is -0.377 e. The van der Waals surface area contributed by atoms with Crippen molar-refractivity contribution in [2.24, 2.45) is 5.73 Å². The van der Waals surface area contributed by atoms with Crippen molar-refractivity contribution in [3.63, 3.8) is 0 Å². The third kappa shape index (κ3) is 2.84. The smallest absolute Gasteiger partial charge is 0.226 e. The van der Waals surface area contributed by atoms with Gasteiger partial charge in [0.25, 0.3) is 0 Å². The first-order valence-corrected chi connectivity index (χ1v) is 5.72. The summed E-state index contributed by atoms with van der Waals surface area (Å²) in [6.07, 6.45) is 0.305.